The second kappa shape index (κ2) is 7.82. The zero-order valence-electron chi connectivity index (χ0n) is 16.3. The molecule has 0 saturated carbocycles. The molecule has 0 fully saturated rings. The van der Waals surface area contributed by atoms with Gasteiger partial charge in [-0.1, -0.05) is 0 Å². The molecule has 0 unspecified atom stereocenters. The van der Waals surface area contributed by atoms with Crippen molar-refractivity contribution in [2.45, 2.75) is 33.6 Å². The molecule has 0 aliphatic heterocycles. The molecule has 10 heteroatoms. The third-order valence-corrected chi connectivity index (χ3v) is 3.80. The van der Waals surface area contributed by atoms with Crippen molar-refractivity contribution in [2.24, 2.45) is 0 Å². The van der Waals surface area contributed by atoms with Gasteiger partial charge in [0.2, 0.25) is 11.7 Å². The van der Waals surface area contributed by atoms with Crippen LogP contribution in [0.3, 0.4) is 0 Å². The molecule has 0 atom stereocenters. The number of aromatic nitrogens is 5. The van der Waals surface area contributed by atoms with Gasteiger partial charge in [0.25, 0.3) is 0 Å². The molecule has 3 rings (SSSR count). The number of rotatable bonds is 5. The first-order valence-electron chi connectivity index (χ1n) is 8.69. The first-order chi connectivity index (χ1) is 13.6. The van der Waals surface area contributed by atoms with Crippen LogP contribution in [0.15, 0.2) is 30.7 Å². The average Bonchev–Trinajstić information content (AvgIpc) is 2.60. The van der Waals surface area contributed by atoms with Gasteiger partial charge in [0, 0.05) is 49.1 Å². The Kier molecular flexibility index (Phi) is 5.44. The lowest BCUT2D eigenvalue weighted by Gasteiger charge is -2.15. The largest absolute Gasteiger partial charge is 0.339 e. The van der Waals surface area contributed by atoms with Crippen LogP contribution in [0.1, 0.15) is 31.1 Å². The van der Waals surface area contributed by atoms with Gasteiger partial charge in [-0.3, -0.25) is 4.79 Å². The topological polar surface area (TPSA) is 106 Å². The zero-order valence-corrected chi connectivity index (χ0v) is 16.3. The summed E-state index contributed by atoms with van der Waals surface area (Å²) in [6.45, 7) is 5.52. The minimum absolute atomic E-state index is 0.182. The van der Waals surface area contributed by atoms with E-state index in [1.54, 1.807) is 25.1 Å². The number of aryl methyl sites for hydroxylation is 2. The number of carbonyl (C=O) groups excluding carboxylic acids is 1. The highest BCUT2D eigenvalue weighted by molar-refractivity contribution is 5.89. The second-order valence-corrected chi connectivity index (χ2v) is 6.57. The Bertz CT molecular complexity index is 1070. The van der Waals surface area contributed by atoms with Crippen molar-refractivity contribution in [1.29, 1.82) is 0 Å². The highest BCUT2D eigenvalue weighted by Crippen LogP contribution is 2.31. The van der Waals surface area contributed by atoms with Gasteiger partial charge in [0.1, 0.15) is 18.0 Å². The predicted molar refractivity (Wildman–Crippen MR) is 104 cm³/mol. The van der Waals surface area contributed by atoms with Crippen molar-refractivity contribution in [1.82, 2.24) is 24.9 Å². The molecular formula is C19H19F2N7O. The third kappa shape index (κ3) is 5.03. The van der Waals surface area contributed by atoms with Gasteiger partial charge >= 0.3 is 5.92 Å². The van der Waals surface area contributed by atoms with E-state index in [0.717, 1.165) is 12.6 Å². The maximum absolute atomic E-state index is 13.7. The van der Waals surface area contributed by atoms with E-state index in [2.05, 4.69) is 35.6 Å². The number of pyridine rings is 1. The van der Waals surface area contributed by atoms with Crippen LogP contribution in [0.4, 0.5) is 26.1 Å². The van der Waals surface area contributed by atoms with E-state index >= 15 is 0 Å². The molecular weight excluding hydrogens is 380 g/mol. The molecule has 0 radical (unpaired) electrons. The number of amides is 1. The van der Waals surface area contributed by atoms with Gasteiger partial charge < -0.3 is 10.6 Å². The molecule has 3 aromatic rings. The lowest BCUT2D eigenvalue weighted by atomic mass is 10.1. The van der Waals surface area contributed by atoms with E-state index in [1.807, 2.05) is 6.92 Å². The Morgan fingerprint density at radius 3 is 2.41 bits per heavy atom. The number of nitrogens with one attached hydrogen (secondary N) is 2. The molecule has 1 amide bonds. The summed E-state index contributed by atoms with van der Waals surface area (Å²) in [6, 6.07) is 4.88. The Morgan fingerprint density at radius 1 is 1.00 bits per heavy atom. The van der Waals surface area contributed by atoms with Gasteiger partial charge in [0.05, 0.1) is 11.4 Å². The second-order valence-electron chi connectivity index (χ2n) is 6.57. The molecule has 8 nitrogen and oxygen atoms in total. The molecule has 2 N–H and O–H groups in total. The minimum atomic E-state index is -3.19. The van der Waals surface area contributed by atoms with E-state index < -0.39 is 11.7 Å². The van der Waals surface area contributed by atoms with Crippen LogP contribution >= 0.6 is 0 Å². The van der Waals surface area contributed by atoms with Crippen LogP contribution in [0, 0.1) is 13.8 Å². The summed E-state index contributed by atoms with van der Waals surface area (Å²) in [5, 5.41) is 5.61. The Labute approximate surface area is 165 Å². The standard InChI is InChI=1S/C19H19F2N7O/c1-10-5-14(24-9-23-10)13-8-22-16(26-12(3)29)7-15(13)27-17-6-11(2)25-18(28-17)19(4,20)21/h5-9H,1-4H3,(H2,22,25,26,27,28,29). The molecule has 0 saturated heterocycles. The normalized spacial score (nSPS) is 11.2. The van der Waals surface area contributed by atoms with E-state index in [-0.39, 0.29) is 11.7 Å². The SMILES string of the molecule is CC(=O)Nc1cc(Nc2cc(C)nc(C(C)(F)F)n2)c(-c2cc(C)ncn2)cn1. The number of anilines is 3. The van der Waals surface area contributed by atoms with Crippen molar-refractivity contribution in [2.75, 3.05) is 10.6 Å². The van der Waals surface area contributed by atoms with Gasteiger partial charge in [-0.15, -0.1) is 0 Å². The predicted octanol–water partition coefficient (Wildman–Crippen LogP) is 3.76. The quantitative estimate of drug-likeness (QED) is 0.673. The summed E-state index contributed by atoms with van der Waals surface area (Å²) < 4.78 is 27.4. The molecule has 3 heterocycles. The number of nitrogens with zero attached hydrogens (tertiary/aromatic N) is 5. The fourth-order valence-corrected chi connectivity index (χ4v) is 2.58. The molecule has 0 spiro atoms. The maximum atomic E-state index is 13.7. The number of hydrogen-bond acceptors (Lipinski definition) is 7. The Balaban J connectivity index is 2.09. The summed E-state index contributed by atoms with van der Waals surface area (Å²) in [5.74, 6) is -3.59. The molecule has 0 aliphatic carbocycles. The van der Waals surface area contributed by atoms with E-state index in [4.69, 9.17) is 0 Å². The summed E-state index contributed by atoms with van der Waals surface area (Å²) in [4.78, 5) is 31.7. The number of carbonyl (C=O) groups is 1. The van der Waals surface area contributed by atoms with Gasteiger partial charge in [-0.2, -0.15) is 8.78 Å². The minimum Gasteiger partial charge on any atom is -0.339 e. The summed E-state index contributed by atoms with van der Waals surface area (Å²) in [6.07, 6.45) is 2.94. The highest BCUT2D eigenvalue weighted by Gasteiger charge is 2.29. The van der Waals surface area contributed by atoms with Gasteiger partial charge in [-0.05, 0) is 19.9 Å². The average molecular weight is 399 g/mol. The van der Waals surface area contributed by atoms with Gasteiger partial charge in [0.15, 0.2) is 0 Å². The number of alkyl halides is 2. The van der Waals surface area contributed by atoms with Crippen molar-refractivity contribution in [3.63, 3.8) is 0 Å². The van der Waals surface area contributed by atoms with E-state index in [1.165, 1.54) is 19.4 Å². The zero-order chi connectivity index (χ0) is 21.2. The third-order valence-electron chi connectivity index (χ3n) is 3.80. The van der Waals surface area contributed by atoms with Crippen molar-refractivity contribution >= 4 is 23.2 Å². The molecule has 3 aromatic heterocycles. The van der Waals surface area contributed by atoms with Crippen molar-refractivity contribution in [3.8, 4) is 11.3 Å². The van der Waals surface area contributed by atoms with Crippen LogP contribution in [0.5, 0.6) is 0 Å². The fourth-order valence-electron chi connectivity index (χ4n) is 2.58. The molecule has 150 valence electrons. The number of hydrogen-bond donors (Lipinski definition) is 2. The molecule has 0 aromatic carbocycles. The van der Waals surface area contributed by atoms with Gasteiger partial charge in [-0.25, -0.2) is 24.9 Å². The monoisotopic (exact) mass is 399 g/mol. The smallest absolute Gasteiger partial charge is 0.303 e. The van der Waals surface area contributed by atoms with Crippen molar-refractivity contribution < 1.29 is 13.6 Å². The molecule has 29 heavy (non-hydrogen) atoms. The van der Waals surface area contributed by atoms with E-state index in [9.17, 15) is 13.6 Å². The van der Waals surface area contributed by atoms with Crippen LogP contribution in [-0.2, 0) is 10.7 Å². The van der Waals surface area contributed by atoms with E-state index in [0.29, 0.717) is 28.5 Å². The summed E-state index contributed by atoms with van der Waals surface area (Å²) in [7, 11) is 0. The van der Waals surface area contributed by atoms with Crippen LogP contribution in [0.25, 0.3) is 11.3 Å². The lowest BCUT2D eigenvalue weighted by molar-refractivity contribution is -0.114. The van der Waals surface area contributed by atoms with Crippen LogP contribution in [-0.4, -0.2) is 30.8 Å². The maximum Gasteiger partial charge on any atom is 0.303 e. The molecule has 0 bridgehead atoms. The summed E-state index contributed by atoms with van der Waals surface area (Å²) in [5.41, 5.74) is 2.77. The Morgan fingerprint density at radius 2 is 1.76 bits per heavy atom. The van der Waals surface area contributed by atoms with Crippen LogP contribution in [0.2, 0.25) is 0 Å². The fraction of sp³-hybridized carbons (Fsp3) is 0.263. The first kappa shape index (κ1) is 20.2. The Hall–Kier alpha value is -3.56. The summed E-state index contributed by atoms with van der Waals surface area (Å²) >= 11 is 0. The molecule has 0 aliphatic rings. The van der Waals surface area contributed by atoms with Crippen LogP contribution < -0.4 is 10.6 Å². The highest BCUT2D eigenvalue weighted by atomic mass is 19.3. The van der Waals surface area contributed by atoms with Crippen molar-refractivity contribution in [3.05, 3.63) is 47.9 Å². The lowest BCUT2D eigenvalue weighted by Crippen LogP contribution is -2.14. The number of halogens is 2. The first-order valence-corrected chi connectivity index (χ1v) is 8.69.